The molecule has 4 atom stereocenters. The second-order valence-electron chi connectivity index (χ2n) is 7.99. The van der Waals surface area contributed by atoms with Gasteiger partial charge in [0.05, 0.1) is 26.4 Å². The van der Waals surface area contributed by atoms with Gasteiger partial charge in [-0.2, -0.15) is 0 Å². The highest BCUT2D eigenvalue weighted by atomic mass is 16.5. The first-order valence-corrected chi connectivity index (χ1v) is 9.92. The van der Waals surface area contributed by atoms with Crippen molar-refractivity contribution >= 4 is 11.6 Å². The van der Waals surface area contributed by atoms with E-state index in [9.17, 15) is 9.59 Å². The molecule has 4 bridgehead atoms. The molecule has 1 N–H and O–H groups in total. The molecule has 6 nitrogen and oxygen atoms in total. The van der Waals surface area contributed by atoms with Gasteiger partial charge in [-0.05, 0) is 5.56 Å². The average Bonchev–Trinajstić information content (AvgIpc) is 2.63. The molecule has 4 unspecified atom stereocenters. The van der Waals surface area contributed by atoms with Crippen molar-refractivity contribution in [1.82, 2.24) is 10.2 Å². The van der Waals surface area contributed by atoms with Crippen LogP contribution in [0.5, 0.6) is 0 Å². The van der Waals surface area contributed by atoms with Crippen LogP contribution in [0.25, 0.3) is 0 Å². The fourth-order valence-corrected chi connectivity index (χ4v) is 4.49. The molecule has 4 heterocycles. The zero-order valence-corrected chi connectivity index (χ0v) is 15.6. The Morgan fingerprint density at radius 1 is 0.815 bits per heavy atom. The molecule has 1 aromatic rings. The third kappa shape index (κ3) is 4.82. The highest BCUT2D eigenvalue weighted by molar-refractivity contribution is 5.81. The molecule has 4 aliphatic rings. The van der Waals surface area contributed by atoms with Crippen LogP contribution in [0, 0.1) is 0 Å². The molecule has 4 aliphatic heterocycles. The van der Waals surface area contributed by atoms with E-state index in [0.29, 0.717) is 75.8 Å². The number of benzene rings is 1. The van der Waals surface area contributed by atoms with E-state index in [1.54, 1.807) is 0 Å². The minimum Gasteiger partial charge on any atom is -0.378 e. The van der Waals surface area contributed by atoms with E-state index in [1.807, 2.05) is 6.07 Å². The Morgan fingerprint density at radius 3 is 2.00 bits per heavy atom. The molecule has 0 saturated carbocycles. The molecule has 1 aromatic carbocycles. The molecule has 5 rings (SSSR count). The fourth-order valence-electron chi connectivity index (χ4n) is 4.49. The first-order valence-electron chi connectivity index (χ1n) is 9.92. The SMILES string of the molecule is O=C1CC2COCC(C1)N2.O=C1CC2COCC(C1)N2Cc1ccccc1. The number of ether oxygens (including phenoxy) is 2. The number of carbonyl (C=O) groups excluding carboxylic acids is 2. The molecule has 27 heavy (non-hydrogen) atoms. The minimum atomic E-state index is 0.287. The molecule has 0 aromatic heterocycles. The van der Waals surface area contributed by atoms with E-state index < -0.39 is 0 Å². The van der Waals surface area contributed by atoms with Gasteiger partial charge >= 0.3 is 0 Å². The van der Waals surface area contributed by atoms with Crippen molar-refractivity contribution in [3.63, 3.8) is 0 Å². The molecular weight excluding hydrogens is 344 g/mol. The van der Waals surface area contributed by atoms with Gasteiger partial charge in [0.1, 0.15) is 11.6 Å². The predicted molar refractivity (Wildman–Crippen MR) is 100 cm³/mol. The molecule has 4 fully saturated rings. The minimum absolute atomic E-state index is 0.287. The van der Waals surface area contributed by atoms with E-state index in [0.717, 1.165) is 6.54 Å². The lowest BCUT2D eigenvalue weighted by Gasteiger charge is -2.45. The molecule has 0 spiro atoms. The average molecular weight is 372 g/mol. The van der Waals surface area contributed by atoms with Gasteiger partial charge in [0.2, 0.25) is 0 Å². The molecule has 146 valence electrons. The van der Waals surface area contributed by atoms with Crippen LogP contribution < -0.4 is 5.32 Å². The first kappa shape index (κ1) is 18.7. The summed E-state index contributed by atoms with van der Waals surface area (Å²) in [5, 5.41) is 3.34. The van der Waals surface area contributed by atoms with Crippen molar-refractivity contribution in [3.8, 4) is 0 Å². The Bertz CT molecular complexity index is 635. The number of Topliss-reactive ketones (excluding diaryl/α,β-unsaturated/α-hetero) is 2. The van der Waals surface area contributed by atoms with Gasteiger partial charge in [-0.1, -0.05) is 30.3 Å². The van der Waals surface area contributed by atoms with Gasteiger partial charge in [-0.25, -0.2) is 0 Å². The van der Waals surface area contributed by atoms with Crippen LogP contribution in [0.1, 0.15) is 31.2 Å². The molecule has 0 radical (unpaired) electrons. The lowest BCUT2D eigenvalue weighted by atomic mass is 9.92. The van der Waals surface area contributed by atoms with Crippen molar-refractivity contribution in [2.45, 2.75) is 56.4 Å². The Kier molecular flexibility index (Phi) is 5.98. The van der Waals surface area contributed by atoms with Gasteiger partial charge in [0, 0.05) is 56.4 Å². The number of morpholine rings is 2. The summed E-state index contributed by atoms with van der Waals surface area (Å²) in [6.45, 7) is 3.77. The number of nitrogens with one attached hydrogen (secondary N) is 1. The lowest BCUT2D eigenvalue weighted by molar-refractivity contribution is -0.136. The van der Waals surface area contributed by atoms with Crippen molar-refractivity contribution in [3.05, 3.63) is 35.9 Å². The summed E-state index contributed by atoms with van der Waals surface area (Å²) in [7, 11) is 0. The summed E-state index contributed by atoms with van der Waals surface area (Å²) in [5.74, 6) is 0.782. The van der Waals surface area contributed by atoms with Gasteiger partial charge in [0.15, 0.2) is 0 Å². The molecular formula is C21H28N2O4. The van der Waals surface area contributed by atoms with Crippen LogP contribution in [-0.4, -0.2) is 67.1 Å². The predicted octanol–water partition coefficient (Wildman–Crippen LogP) is 1.33. The van der Waals surface area contributed by atoms with Crippen LogP contribution >= 0.6 is 0 Å². The fraction of sp³-hybridized carbons (Fsp3) is 0.619. The highest BCUT2D eigenvalue weighted by Crippen LogP contribution is 2.27. The first-order chi connectivity index (χ1) is 13.2. The molecule has 0 aliphatic carbocycles. The second kappa shape index (κ2) is 8.61. The van der Waals surface area contributed by atoms with Crippen molar-refractivity contribution < 1.29 is 19.1 Å². The van der Waals surface area contributed by atoms with Gasteiger partial charge < -0.3 is 14.8 Å². The van der Waals surface area contributed by atoms with Crippen LogP contribution in [0.3, 0.4) is 0 Å². The highest BCUT2D eigenvalue weighted by Gasteiger charge is 2.38. The number of carbonyl (C=O) groups is 2. The van der Waals surface area contributed by atoms with E-state index >= 15 is 0 Å². The maximum Gasteiger partial charge on any atom is 0.136 e. The number of piperidine rings is 2. The summed E-state index contributed by atoms with van der Waals surface area (Å²) in [5.41, 5.74) is 1.32. The van der Waals surface area contributed by atoms with E-state index in [-0.39, 0.29) is 12.1 Å². The number of hydrogen-bond acceptors (Lipinski definition) is 6. The third-order valence-electron chi connectivity index (χ3n) is 5.75. The van der Waals surface area contributed by atoms with Gasteiger partial charge in [-0.3, -0.25) is 14.5 Å². The number of fused-ring (bicyclic) bond motifs is 4. The Morgan fingerprint density at radius 2 is 1.37 bits per heavy atom. The zero-order valence-electron chi connectivity index (χ0n) is 15.6. The van der Waals surface area contributed by atoms with Crippen LogP contribution in [0.4, 0.5) is 0 Å². The summed E-state index contributed by atoms with van der Waals surface area (Å²) in [6.07, 6.45) is 2.64. The van der Waals surface area contributed by atoms with E-state index in [4.69, 9.17) is 9.47 Å². The number of nitrogens with zero attached hydrogens (tertiary/aromatic N) is 1. The zero-order chi connectivity index (χ0) is 18.6. The molecule has 0 amide bonds. The van der Waals surface area contributed by atoms with E-state index in [2.05, 4.69) is 34.5 Å². The van der Waals surface area contributed by atoms with E-state index in [1.165, 1.54) is 5.56 Å². The summed E-state index contributed by atoms with van der Waals surface area (Å²) in [6, 6.07) is 11.6. The lowest BCUT2D eigenvalue weighted by Crippen LogP contribution is -2.56. The van der Waals surface area contributed by atoms with Crippen LogP contribution in [0.15, 0.2) is 30.3 Å². The topological polar surface area (TPSA) is 67.9 Å². The standard InChI is InChI=1S/C14H17NO2.C7H11NO2/c16-14-6-12-9-17-10-13(7-14)15(12)8-11-4-2-1-3-5-11;9-7-1-5-3-10-4-6(2-7)8-5/h1-5,12-13H,6-10H2;5-6,8H,1-4H2. The van der Waals surface area contributed by atoms with Crippen molar-refractivity contribution in [2.24, 2.45) is 0 Å². The molecule has 4 saturated heterocycles. The Balaban J connectivity index is 0.000000153. The van der Waals surface area contributed by atoms with Crippen molar-refractivity contribution in [1.29, 1.82) is 0 Å². The quantitative estimate of drug-likeness (QED) is 0.845. The number of rotatable bonds is 2. The van der Waals surface area contributed by atoms with Crippen molar-refractivity contribution in [2.75, 3.05) is 26.4 Å². The monoisotopic (exact) mass is 372 g/mol. The smallest absolute Gasteiger partial charge is 0.136 e. The number of hydrogen-bond donors (Lipinski definition) is 1. The summed E-state index contributed by atoms with van der Waals surface area (Å²) < 4.78 is 10.8. The van der Waals surface area contributed by atoms with Gasteiger partial charge in [-0.15, -0.1) is 0 Å². The largest absolute Gasteiger partial charge is 0.378 e. The van der Waals surface area contributed by atoms with Gasteiger partial charge in [0.25, 0.3) is 0 Å². The molecule has 6 heteroatoms. The van der Waals surface area contributed by atoms with Crippen LogP contribution in [-0.2, 0) is 25.6 Å². The summed E-state index contributed by atoms with van der Waals surface area (Å²) >= 11 is 0. The Labute approximate surface area is 160 Å². The second-order valence-corrected chi connectivity index (χ2v) is 7.99. The third-order valence-corrected chi connectivity index (χ3v) is 5.75. The maximum atomic E-state index is 11.6. The normalized spacial score (nSPS) is 33.2. The Hall–Kier alpha value is -1.60. The number of ketones is 2. The summed E-state index contributed by atoms with van der Waals surface area (Å²) in [4.78, 5) is 25.0. The maximum absolute atomic E-state index is 11.6. The van der Waals surface area contributed by atoms with Crippen LogP contribution in [0.2, 0.25) is 0 Å².